The van der Waals surface area contributed by atoms with E-state index in [0.29, 0.717) is 0 Å². The largest absolute Gasteiger partial charge is 0.504 e. The Balaban J connectivity index is 0.000000730. The number of Topliss-reactive ketones (excluding diaryl/α,β-unsaturated/α-hetero) is 2. The molecule has 0 saturated heterocycles. The van der Waals surface area contributed by atoms with E-state index in [9.17, 15) is 9.59 Å². The van der Waals surface area contributed by atoms with E-state index in [-0.39, 0.29) is 23.7 Å². The number of carbonyl (C=O) groups is 2. The molecule has 3 rings (SSSR count). The highest BCUT2D eigenvalue weighted by molar-refractivity contribution is 5.95. The molecule has 4 N–H and O–H groups in total. The maximum absolute atomic E-state index is 11.1. The van der Waals surface area contributed by atoms with Gasteiger partial charge in [-0.15, -0.1) is 0 Å². The molecule has 0 radical (unpaired) electrons. The number of hydrogen-bond acceptors (Lipinski definition) is 6. The molecule has 0 bridgehead atoms. The third-order valence-electron chi connectivity index (χ3n) is 10.9. The minimum Gasteiger partial charge on any atom is -0.504 e. The summed E-state index contributed by atoms with van der Waals surface area (Å²) in [4.78, 5) is 21.8. The molecule has 0 aliphatic rings. The van der Waals surface area contributed by atoms with Gasteiger partial charge in [0.05, 0.1) is 6.61 Å². The monoisotopic (exact) mass is 763 g/mol. The number of hydrogen-bond donors (Lipinski definition) is 4. The lowest BCUT2D eigenvalue weighted by atomic mass is 9.91. The summed E-state index contributed by atoms with van der Waals surface area (Å²) in [6.07, 6.45) is 14.3. The second-order valence-corrected chi connectivity index (χ2v) is 16.6. The fourth-order valence-corrected chi connectivity index (χ4v) is 6.26. The molecule has 0 amide bonds. The fourth-order valence-electron chi connectivity index (χ4n) is 6.26. The number of carbonyl (C=O) groups excluding carboxylic acids is 2. The topological polar surface area (TPSA) is 115 Å². The van der Waals surface area contributed by atoms with Crippen LogP contribution in [0.3, 0.4) is 0 Å². The Morgan fingerprint density at radius 1 is 0.527 bits per heavy atom. The smallest absolute Gasteiger partial charge is 0.200 e. The van der Waals surface area contributed by atoms with Crippen LogP contribution in [0.15, 0.2) is 36.4 Å². The summed E-state index contributed by atoms with van der Waals surface area (Å²) in [6.45, 7) is 29.7. The fraction of sp³-hybridized carbons (Fsp3) is 0.592. The van der Waals surface area contributed by atoms with Crippen LogP contribution in [0.25, 0.3) is 0 Å². The van der Waals surface area contributed by atoms with Gasteiger partial charge >= 0.3 is 0 Å². The molecule has 0 aliphatic carbocycles. The van der Waals surface area contributed by atoms with E-state index in [2.05, 4.69) is 69.2 Å². The molecule has 3 atom stereocenters. The third kappa shape index (κ3) is 21.3. The van der Waals surface area contributed by atoms with Gasteiger partial charge in [-0.3, -0.25) is 9.59 Å². The van der Waals surface area contributed by atoms with Crippen LogP contribution in [0.4, 0.5) is 0 Å². The molecule has 3 aromatic rings. The van der Waals surface area contributed by atoms with Crippen molar-refractivity contribution in [3.8, 4) is 17.2 Å². The first kappa shape index (κ1) is 51.4. The highest BCUT2D eigenvalue weighted by Gasteiger charge is 2.10. The maximum Gasteiger partial charge on any atom is 0.200 e. The number of aliphatic hydroxyl groups excluding tert-OH is 1. The number of aliphatic hydroxyl groups is 1. The number of phenolic OH excluding ortho intramolecular Hbond substituents is 3. The predicted molar refractivity (Wildman–Crippen MR) is 233 cm³/mol. The van der Waals surface area contributed by atoms with Crippen molar-refractivity contribution < 1.29 is 30.0 Å². The minimum atomic E-state index is -0.611. The second-order valence-electron chi connectivity index (χ2n) is 16.6. The average molecular weight is 763 g/mol. The van der Waals surface area contributed by atoms with Crippen molar-refractivity contribution in [1.29, 1.82) is 0 Å². The summed E-state index contributed by atoms with van der Waals surface area (Å²) in [5, 5.41) is 35.7. The van der Waals surface area contributed by atoms with Gasteiger partial charge in [0, 0.05) is 11.1 Å². The van der Waals surface area contributed by atoms with E-state index in [1.165, 1.54) is 105 Å². The first-order chi connectivity index (χ1) is 25.6. The Hall–Kier alpha value is -3.64. The number of aromatic hydroxyl groups is 3. The molecule has 0 heterocycles. The lowest BCUT2D eigenvalue weighted by molar-refractivity contribution is 0.100. The first-order valence-electron chi connectivity index (χ1n) is 20.7. The molecule has 310 valence electrons. The standard InChI is InChI=1S/C20H42.C11H14O.C10H14O.C8H8O4/c1-7-18(4)12-9-14-20(6)16-10-15-19(5)13-8-11-17(2)3;1-7-5-11(10(4)12)6-8(2)9(7)3;1-7-4-10(6-11)5-8(2)9(7)3;1-4(9)5-2-6(10)8(12)7(11)3-5/h17-20H,7-16H2,1-6H3;5-6H,1-4H3;4-5,11H,6H2,1-3H3;2-3,10-12H,1H3. The van der Waals surface area contributed by atoms with Crippen molar-refractivity contribution >= 4 is 11.6 Å². The maximum atomic E-state index is 11.1. The highest BCUT2D eigenvalue weighted by Crippen LogP contribution is 2.35. The van der Waals surface area contributed by atoms with Crippen molar-refractivity contribution in [2.24, 2.45) is 23.7 Å². The minimum absolute atomic E-state index is 0.140. The Bertz CT molecular complexity index is 1450. The lowest BCUT2D eigenvalue weighted by Crippen LogP contribution is -2.01. The van der Waals surface area contributed by atoms with Crippen LogP contribution in [0.1, 0.15) is 179 Å². The van der Waals surface area contributed by atoms with Crippen LogP contribution in [0.2, 0.25) is 0 Å². The molecular formula is C49H78O6. The Kier molecular flexibility index (Phi) is 25.3. The molecule has 0 aromatic heterocycles. The van der Waals surface area contributed by atoms with Crippen molar-refractivity contribution in [2.75, 3.05) is 0 Å². The van der Waals surface area contributed by atoms with Gasteiger partial charge in [-0.25, -0.2) is 0 Å². The molecule has 3 unspecified atom stereocenters. The molecular weight excluding hydrogens is 685 g/mol. The van der Waals surface area contributed by atoms with E-state index in [1.807, 2.05) is 38.1 Å². The third-order valence-corrected chi connectivity index (χ3v) is 10.9. The zero-order chi connectivity index (χ0) is 42.4. The summed E-state index contributed by atoms with van der Waals surface area (Å²) in [5.74, 6) is 1.95. The summed E-state index contributed by atoms with van der Waals surface area (Å²) >= 11 is 0. The van der Waals surface area contributed by atoms with Gasteiger partial charge in [0.15, 0.2) is 28.8 Å². The Morgan fingerprint density at radius 3 is 1.18 bits per heavy atom. The molecule has 0 aliphatic heterocycles. The van der Waals surface area contributed by atoms with E-state index in [1.54, 1.807) is 6.92 Å². The number of ketones is 2. The van der Waals surface area contributed by atoms with Crippen molar-refractivity contribution in [3.63, 3.8) is 0 Å². The second kappa shape index (κ2) is 27.0. The van der Waals surface area contributed by atoms with Gasteiger partial charge in [0.25, 0.3) is 0 Å². The molecule has 0 spiro atoms. The number of aryl methyl sites for hydroxylation is 4. The summed E-state index contributed by atoms with van der Waals surface area (Å²) < 4.78 is 0. The molecule has 3 aromatic carbocycles. The van der Waals surface area contributed by atoms with Crippen LogP contribution >= 0.6 is 0 Å². The molecule has 0 saturated carbocycles. The lowest BCUT2D eigenvalue weighted by Gasteiger charge is -2.15. The number of benzene rings is 3. The average Bonchev–Trinajstić information content (AvgIpc) is 3.11. The zero-order valence-electron chi connectivity index (χ0n) is 37.2. The zero-order valence-corrected chi connectivity index (χ0v) is 37.2. The highest BCUT2D eigenvalue weighted by atomic mass is 16.3. The van der Waals surface area contributed by atoms with E-state index < -0.39 is 17.2 Å². The molecule has 6 heteroatoms. The van der Waals surface area contributed by atoms with Gasteiger partial charge in [0.2, 0.25) is 0 Å². The van der Waals surface area contributed by atoms with Crippen molar-refractivity contribution in [1.82, 2.24) is 0 Å². The Labute approximate surface area is 335 Å². The van der Waals surface area contributed by atoms with Gasteiger partial charge in [-0.05, 0) is 142 Å². The van der Waals surface area contributed by atoms with Crippen LogP contribution in [0.5, 0.6) is 17.2 Å². The van der Waals surface area contributed by atoms with Crippen LogP contribution in [0, 0.1) is 65.2 Å². The molecule has 6 nitrogen and oxygen atoms in total. The van der Waals surface area contributed by atoms with E-state index in [0.717, 1.165) is 46.9 Å². The van der Waals surface area contributed by atoms with Crippen LogP contribution in [-0.4, -0.2) is 32.0 Å². The number of phenols is 3. The van der Waals surface area contributed by atoms with Crippen molar-refractivity contribution in [3.05, 3.63) is 86.5 Å². The van der Waals surface area contributed by atoms with Gasteiger partial charge in [0.1, 0.15) is 0 Å². The predicted octanol–water partition coefficient (Wildman–Crippen LogP) is 13.4. The van der Waals surface area contributed by atoms with Gasteiger partial charge < -0.3 is 20.4 Å². The van der Waals surface area contributed by atoms with Gasteiger partial charge in [-0.1, -0.05) is 118 Å². The van der Waals surface area contributed by atoms with Crippen molar-refractivity contribution in [2.45, 2.75) is 168 Å². The van der Waals surface area contributed by atoms with Crippen LogP contribution in [-0.2, 0) is 6.61 Å². The summed E-state index contributed by atoms with van der Waals surface area (Å²) in [6, 6.07) is 10.1. The van der Waals surface area contributed by atoms with E-state index in [4.69, 9.17) is 20.4 Å². The summed E-state index contributed by atoms with van der Waals surface area (Å²) in [7, 11) is 0. The Morgan fingerprint density at radius 2 is 0.855 bits per heavy atom. The van der Waals surface area contributed by atoms with E-state index >= 15 is 0 Å². The summed E-state index contributed by atoms with van der Waals surface area (Å²) in [5.41, 5.74) is 9.48. The van der Waals surface area contributed by atoms with Gasteiger partial charge in [-0.2, -0.15) is 0 Å². The first-order valence-corrected chi connectivity index (χ1v) is 20.7. The quantitative estimate of drug-likeness (QED) is 0.0853. The molecule has 55 heavy (non-hydrogen) atoms. The molecule has 0 fully saturated rings. The van der Waals surface area contributed by atoms with Crippen LogP contribution < -0.4 is 0 Å². The SMILES string of the molecule is CC(=O)c1cc(C)c(C)c(C)c1.CC(=O)c1cc(O)c(O)c(O)c1.CCC(C)CCCC(C)CCCC(C)CCCC(C)C.Cc1cc(CO)cc(C)c1C. The number of rotatable bonds is 16. The normalized spacial score (nSPS) is 12.3.